The predicted molar refractivity (Wildman–Crippen MR) is 75.7 cm³/mol. The molecule has 7 nitrogen and oxygen atoms in total. The summed E-state index contributed by atoms with van der Waals surface area (Å²) in [6, 6.07) is 3.79. The van der Waals surface area contributed by atoms with Crippen LogP contribution in [0, 0.1) is 6.92 Å². The van der Waals surface area contributed by atoms with Crippen molar-refractivity contribution >= 4 is 0 Å². The second-order valence-corrected chi connectivity index (χ2v) is 4.37. The second kappa shape index (κ2) is 6.94. The van der Waals surface area contributed by atoms with Crippen molar-refractivity contribution in [3.05, 3.63) is 29.4 Å². The molecule has 7 heteroatoms. The minimum atomic E-state index is 0.498. The van der Waals surface area contributed by atoms with E-state index in [9.17, 15) is 0 Å². The lowest BCUT2D eigenvalue weighted by molar-refractivity contribution is 0.323. The summed E-state index contributed by atoms with van der Waals surface area (Å²) in [5.41, 5.74) is 1.00. The van der Waals surface area contributed by atoms with Crippen LogP contribution in [0.25, 0.3) is 0 Å². The number of rotatable bonds is 7. The predicted octanol–water partition coefficient (Wildman–Crippen LogP) is 1.69. The summed E-state index contributed by atoms with van der Waals surface area (Å²) in [6.07, 6.45) is 0. The summed E-state index contributed by atoms with van der Waals surface area (Å²) < 4.78 is 20.9. The lowest BCUT2D eigenvalue weighted by Crippen LogP contribution is -2.13. The van der Waals surface area contributed by atoms with Crippen molar-refractivity contribution in [3.63, 3.8) is 0 Å². The van der Waals surface area contributed by atoms with E-state index in [0.717, 1.165) is 5.56 Å². The zero-order chi connectivity index (χ0) is 15.2. The summed E-state index contributed by atoms with van der Waals surface area (Å²) >= 11 is 0. The first-order valence-electron chi connectivity index (χ1n) is 6.46. The minimum absolute atomic E-state index is 0.498. The van der Waals surface area contributed by atoms with Crippen molar-refractivity contribution in [1.82, 2.24) is 15.5 Å². The van der Waals surface area contributed by atoms with Gasteiger partial charge in [-0.05, 0) is 24.6 Å². The molecule has 0 fully saturated rings. The van der Waals surface area contributed by atoms with Gasteiger partial charge in [-0.3, -0.25) is 0 Å². The zero-order valence-electron chi connectivity index (χ0n) is 12.6. The summed E-state index contributed by atoms with van der Waals surface area (Å²) in [6.45, 7) is 2.89. The van der Waals surface area contributed by atoms with Gasteiger partial charge in [0, 0.05) is 6.54 Å². The number of aromatic nitrogens is 2. The number of hydrogen-bond donors (Lipinski definition) is 1. The lowest BCUT2D eigenvalue weighted by atomic mass is 10.2. The normalized spacial score (nSPS) is 10.5. The number of ether oxygens (including phenoxy) is 3. The van der Waals surface area contributed by atoms with E-state index in [1.165, 1.54) is 0 Å². The molecule has 21 heavy (non-hydrogen) atoms. The Hall–Kier alpha value is -2.28. The molecule has 2 aromatic rings. The highest BCUT2D eigenvalue weighted by molar-refractivity contribution is 5.53. The fraction of sp³-hybridized carbons (Fsp3) is 0.429. The molecule has 1 aromatic heterocycles. The molecule has 0 saturated carbocycles. The van der Waals surface area contributed by atoms with Gasteiger partial charge >= 0.3 is 0 Å². The Morgan fingerprint density at radius 2 is 1.71 bits per heavy atom. The van der Waals surface area contributed by atoms with E-state index in [-0.39, 0.29) is 0 Å². The van der Waals surface area contributed by atoms with Crippen LogP contribution in [0.3, 0.4) is 0 Å². The molecule has 0 bridgehead atoms. The number of nitrogens with zero attached hydrogens (tertiary/aromatic N) is 2. The van der Waals surface area contributed by atoms with Gasteiger partial charge in [-0.15, -0.1) is 0 Å². The van der Waals surface area contributed by atoms with Crippen LogP contribution >= 0.6 is 0 Å². The number of aryl methyl sites for hydroxylation is 1. The Morgan fingerprint density at radius 1 is 1.05 bits per heavy atom. The Balaban J connectivity index is 2.05. The van der Waals surface area contributed by atoms with Crippen LogP contribution in [0.15, 0.2) is 16.7 Å². The molecule has 0 amide bonds. The van der Waals surface area contributed by atoms with Crippen LogP contribution in [-0.2, 0) is 13.1 Å². The average molecular weight is 293 g/mol. The highest BCUT2D eigenvalue weighted by Crippen LogP contribution is 2.38. The van der Waals surface area contributed by atoms with Gasteiger partial charge in [-0.2, -0.15) is 4.98 Å². The Kier molecular flexibility index (Phi) is 4.99. The first kappa shape index (κ1) is 15.1. The van der Waals surface area contributed by atoms with Crippen molar-refractivity contribution in [2.45, 2.75) is 20.0 Å². The molecule has 1 N–H and O–H groups in total. The third-order valence-corrected chi connectivity index (χ3v) is 2.90. The zero-order valence-corrected chi connectivity index (χ0v) is 12.6. The molecule has 0 saturated heterocycles. The minimum Gasteiger partial charge on any atom is -0.493 e. The monoisotopic (exact) mass is 293 g/mol. The molecular weight excluding hydrogens is 274 g/mol. The van der Waals surface area contributed by atoms with Crippen LogP contribution in [-0.4, -0.2) is 31.5 Å². The Morgan fingerprint density at radius 3 is 2.19 bits per heavy atom. The van der Waals surface area contributed by atoms with Crippen LogP contribution in [0.1, 0.15) is 17.3 Å². The number of benzene rings is 1. The highest BCUT2D eigenvalue weighted by atomic mass is 16.5. The fourth-order valence-corrected chi connectivity index (χ4v) is 1.96. The summed E-state index contributed by atoms with van der Waals surface area (Å²) in [5, 5.41) is 6.96. The maximum Gasteiger partial charge on any atom is 0.240 e. The first-order chi connectivity index (χ1) is 10.2. The first-order valence-corrected chi connectivity index (χ1v) is 6.46. The van der Waals surface area contributed by atoms with Crippen LogP contribution in [0.2, 0.25) is 0 Å². The van der Waals surface area contributed by atoms with Gasteiger partial charge in [-0.1, -0.05) is 5.16 Å². The number of hydrogen-bond acceptors (Lipinski definition) is 7. The Labute approximate surface area is 123 Å². The molecule has 0 spiro atoms. The standard InChI is InChI=1S/C14H19N3O4/c1-9-16-13(21-17-9)8-15-7-10-5-11(18-2)14(20-4)12(6-10)19-3/h5-6,15H,7-8H2,1-4H3. The van der Waals surface area contributed by atoms with E-state index in [4.69, 9.17) is 18.7 Å². The van der Waals surface area contributed by atoms with Gasteiger partial charge in [0.15, 0.2) is 17.3 Å². The third-order valence-electron chi connectivity index (χ3n) is 2.90. The van der Waals surface area contributed by atoms with E-state index in [0.29, 0.717) is 42.1 Å². The van der Waals surface area contributed by atoms with Gasteiger partial charge in [0.05, 0.1) is 27.9 Å². The van der Waals surface area contributed by atoms with E-state index in [2.05, 4.69) is 15.5 Å². The summed E-state index contributed by atoms with van der Waals surface area (Å²) in [5.74, 6) is 3.01. The van der Waals surface area contributed by atoms with Crippen molar-refractivity contribution in [2.75, 3.05) is 21.3 Å². The van der Waals surface area contributed by atoms with Crippen molar-refractivity contribution in [1.29, 1.82) is 0 Å². The van der Waals surface area contributed by atoms with Gasteiger partial charge in [0.2, 0.25) is 11.6 Å². The molecule has 2 rings (SSSR count). The molecule has 0 aliphatic rings. The topological polar surface area (TPSA) is 78.6 Å². The molecule has 0 aliphatic carbocycles. The maximum atomic E-state index is 5.31. The van der Waals surface area contributed by atoms with E-state index in [1.807, 2.05) is 12.1 Å². The SMILES string of the molecule is COc1cc(CNCc2nc(C)no2)cc(OC)c1OC. The highest BCUT2D eigenvalue weighted by Gasteiger charge is 2.13. The van der Waals surface area contributed by atoms with Crippen LogP contribution in [0.4, 0.5) is 0 Å². The summed E-state index contributed by atoms with van der Waals surface area (Å²) in [7, 11) is 4.77. The fourth-order valence-electron chi connectivity index (χ4n) is 1.96. The van der Waals surface area contributed by atoms with Crippen molar-refractivity contribution < 1.29 is 18.7 Å². The number of nitrogens with one attached hydrogen (secondary N) is 1. The molecule has 114 valence electrons. The van der Waals surface area contributed by atoms with Gasteiger partial charge in [-0.25, -0.2) is 0 Å². The molecule has 0 unspecified atom stereocenters. The largest absolute Gasteiger partial charge is 0.493 e. The smallest absolute Gasteiger partial charge is 0.240 e. The Bertz CT molecular complexity index is 573. The molecular formula is C14H19N3O4. The molecule has 0 atom stereocenters. The molecule has 1 heterocycles. The van der Waals surface area contributed by atoms with E-state index >= 15 is 0 Å². The average Bonchev–Trinajstić information content (AvgIpc) is 2.91. The van der Waals surface area contributed by atoms with Crippen LogP contribution < -0.4 is 19.5 Å². The van der Waals surface area contributed by atoms with Gasteiger partial charge < -0.3 is 24.1 Å². The molecule has 0 aliphatic heterocycles. The third kappa shape index (κ3) is 3.63. The van der Waals surface area contributed by atoms with Crippen LogP contribution in [0.5, 0.6) is 17.2 Å². The number of methoxy groups -OCH3 is 3. The summed E-state index contributed by atoms with van der Waals surface area (Å²) in [4.78, 5) is 4.13. The van der Waals surface area contributed by atoms with Crippen molar-refractivity contribution in [3.8, 4) is 17.2 Å². The quantitative estimate of drug-likeness (QED) is 0.832. The van der Waals surface area contributed by atoms with E-state index in [1.54, 1.807) is 28.3 Å². The molecule has 0 radical (unpaired) electrons. The molecule has 1 aromatic carbocycles. The van der Waals surface area contributed by atoms with Gasteiger partial charge in [0.25, 0.3) is 0 Å². The van der Waals surface area contributed by atoms with Crippen molar-refractivity contribution in [2.24, 2.45) is 0 Å². The lowest BCUT2D eigenvalue weighted by Gasteiger charge is -2.14. The maximum absolute atomic E-state index is 5.31. The van der Waals surface area contributed by atoms with E-state index < -0.39 is 0 Å². The van der Waals surface area contributed by atoms with Gasteiger partial charge in [0.1, 0.15) is 0 Å². The second-order valence-electron chi connectivity index (χ2n) is 4.37.